The Balaban J connectivity index is 2.85. The number of benzene rings is 1. The van der Waals surface area contributed by atoms with E-state index in [1.54, 1.807) is 13.8 Å². The van der Waals surface area contributed by atoms with E-state index in [0.29, 0.717) is 12.3 Å². The lowest BCUT2D eigenvalue weighted by atomic mass is 10.2. The summed E-state index contributed by atoms with van der Waals surface area (Å²) in [6.45, 7) is 3.66. The van der Waals surface area contributed by atoms with Crippen LogP contribution in [0.15, 0.2) is 18.2 Å². The van der Waals surface area contributed by atoms with Gasteiger partial charge in [-0.15, -0.1) is 0 Å². The second-order valence-electron chi connectivity index (χ2n) is 4.51. The average Bonchev–Trinajstić information content (AvgIpc) is 2.41. The van der Waals surface area contributed by atoms with Crippen LogP contribution in [0.2, 0.25) is 0 Å². The number of carboxylic acids is 1. The third kappa shape index (κ3) is 4.62. The summed E-state index contributed by atoms with van der Waals surface area (Å²) in [7, 11) is 1.44. The van der Waals surface area contributed by atoms with Crippen molar-refractivity contribution in [3.05, 3.63) is 24.0 Å². The van der Waals surface area contributed by atoms with Gasteiger partial charge in [-0.25, -0.2) is 9.18 Å². The molecule has 0 aliphatic carbocycles. The molecule has 1 aromatic rings. The molecule has 116 valence electrons. The van der Waals surface area contributed by atoms with Crippen LogP contribution in [0.4, 0.5) is 14.9 Å². The minimum atomic E-state index is -0.999. The summed E-state index contributed by atoms with van der Waals surface area (Å²) in [6.07, 6.45) is -0.179. The van der Waals surface area contributed by atoms with Crippen LogP contribution in [-0.2, 0) is 4.79 Å². The molecular formula is C14H19FN2O4. The van der Waals surface area contributed by atoms with Gasteiger partial charge in [0.1, 0.15) is 11.6 Å². The van der Waals surface area contributed by atoms with E-state index in [4.69, 9.17) is 9.84 Å². The monoisotopic (exact) mass is 298 g/mol. The Morgan fingerprint density at radius 2 is 2.14 bits per heavy atom. The number of ether oxygens (including phenoxy) is 1. The molecule has 1 unspecified atom stereocenters. The van der Waals surface area contributed by atoms with Gasteiger partial charge in [-0.05, 0) is 26.0 Å². The number of anilines is 1. The SMILES string of the molecule is CCN(C(=O)Nc1cc(OC)ccc1F)C(C)CC(=O)O. The van der Waals surface area contributed by atoms with Crippen molar-refractivity contribution in [3.63, 3.8) is 0 Å². The standard InChI is InChI=1S/C14H19FN2O4/c1-4-17(9(2)7-13(18)19)14(20)16-12-8-10(21-3)5-6-11(12)15/h5-6,8-9H,4,7H2,1-3H3,(H,16,20)(H,18,19). The number of urea groups is 1. The molecule has 0 aliphatic rings. The van der Waals surface area contributed by atoms with Crippen LogP contribution in [-0.4, -0.2) is 41.7 Å². The number of nitrogens with one attached hydrogen (secondary N) is 1. The first-order valence-electron chi connectivity index (χ1n) is 6.52. The number of halogens is 1. The lowest BCUT2D eigenvalue weighted by Gasteiger charge is -2.27. The maximum atomic E-state index is 13.7. The van der Waals surface area contributed by atoms with Gasteiger partial charge in [-0.2, -0.15) is 0 Å². The van der Waals surface area contributed by atoms with Crippen LogP contribution in [0.1, 0.15) is 20.3 Å². The van der Waals surface area contributed by atoms with Crippen molar-refractivity contribution in [2.75, 3.05) is 19.0 Å². The van der Waals surface area contributed by atoms with E-state index in [0.717, 1.165) is 0 Å². The zero-order valence-electron chi connectivity index (χ0n) is 12.2. The Hall–Kier alpha value is -2.31. The van der Waals surface area contributed by atoms with Crippen LogP contribution in [0.5, 0.6) is 5.75 Å². The molecule has 0 spiro atoms. The van der Waals surface area contributed by atoms with E-state index in [9.17, 15) is 14.0 Å². The van der Waals surface area contributed by atoms with Gasteiger partial charge in [0.15, 0.2) is 0 Å². The summed E-state index contributed by atoms with van der Waals surface area (Å²) in [4.78, 5) is 24.2. The Kier molecular flexibility index (Phi) is 5.95. The fourth-order valence-corrected chi connectivity index (χ4v) is 1.93. The topological polar surface area (TPSA) is 78.9 Å². The minimum Gasteiger partial charge on any atom is -0.497 e. The molecule has 2 amide bonds. The average molecular weight is 298 g/mol. The van der Waals surface area contributed by atoms with Gasteiger partial charge in [0.25, 0.3) is 0 Å². The van der Waals surface area contributed by atoms with Crippen LogP contribution in [0, 0.1) is 5.82 Å². The highest BCUT2D eigenvalue weighted by molar-refractivity contribution is 5.90. The summed E-state index contributed by atoms with van der Waals surface area (Å²) >= 11 is 0. The van der Waals surface area contributed by atoms with E-state index < -0.39 is 23.9 Å². The van der Waals surface area contributed by atoms with E-state index in [1.165, 1.54) is 30.2 Å². The number of hydrogen-bond acceptors (Lipinski definition) is 3. The molecule has 1 rings (SSSR count). The molecule has 7 heteroatoms. The van der Waals surface area contributed by atoms with Gasteiger partial charge >= 0.3 is 12.0 Å². The number of aliphatic carboxylic acids is 1. The molecular weight excluding hydrogens is 279 g/mol. The zero-order chi connectivity index (χ0) is 16.0. The molecule has 1 aromatic carbocycles. The second-order valence-corrected chi connectivity index (χ2v) is 4.51. The van der Waals surface area contributed by atoms with E-state index >= 15 is 0 Å². The molecule has 0 saturated carbocycles. The first kappa shape index (κ1) is 16.7. The third-order valence-electron chi connectivity index (χ3n) is 3.02. The van der Waals surface area contributed by atoms with Gasteiger partial charge < -0.3 is 20.1 Å². The number of amides is 2. The largest absolute Gasteiger partial charge is 0.497 e. The van der Waals surface area contributed by atoms with Crippen molar-refractivity contribution in [1.82, 2.24) is 4.90 Å². The van der Waals surface area contributed by atoms with Crippen molar-refractivity contribution < 1.29 is 23.8 Å². The predicted molar refractivity (Wildman–Crippen MR) is 76.1 cm³/mol. The predicted octanol–water partition coefficient (Wildman–Crippen LogP) is 2.55. The number of carboxylic acid groups (broad SMARTS) is 1. The molecule has 2 N–H and O–H groups in total. The number of rotatable bonds is 6. The molecule has 6 nitrogen and oxygen atoms in total. The number of methoxy groups -OCH3 is 1. The second kappa shape index (κ2) is 7.47. The summed E-state index contributed by atoms with van der Waals surface area (Å²) in [5.41, 5.74) is -0.0136. The Bertz CT molecular complexity index is 522. The van der Waals surface area contributed by atoms with E-state index in [2.05, 4.69) is 5.32 Å². The van der Waals surface area contributed by atoms with Crippen LogP contribution in [0.3, 0.4) is 0 Å². The minimum absolute atomic E-state index is 0.0136. The van der Waals surface area contributed by atoms with Gasteiger partial charge in [-0.3, -0.25) is 4.79 Å². The molecule has 1 atom stereocenters. The fraction of sp³-hybridized carbons (Fsp3) is 0.429. The number of nitrogens with zero attached hydrogens (tertiary/aromatic N) is 1. The molecule has 0 radical (unpaired) electrons. The maximum absolute atomic E-state index is 13.7. The highest BCUT2D eigenvalue weighted by Crippen LogP contribution is 2.21. The molecule has 0 aromatic heterocycles. The summed E-state index contributed by atoms with van der Waals surface area (Å²) in [6, 6.07) is 2.93. The number of carbonyl (C=O) groups excluding carboxylic acids is 1. The molecule has 0 heterocycles. The molecule has 21 heavy (non-hydrogen) atoms. The quantitative estimate of drug-likeness (QED) is 0.846. The third-order valence-corrected chi connectivity index (χ3v) is 3.02. The highest BCUT2D eigenvalue weighted by atomic mass is 19.1. The summed E-state index contributed by atoms with van der Waals surface area (Å²) < 4.78 is 18.6. The Morgan fingerprint density at radius 3 is 2.67 bits per heavy atom. The van der Waals surface area contributed by atoms with Gasteiger partial charge in [-0.1, -0.05) is 0 Å². The van der Waals surface area contributed by atoms with Crippen molar-refractivity contribution in [2.24, 2.45) is 0 Å². The zero-order valence-corrected chi connectivity index (χ0v) is 12.2. The van der Waals surface area contributed by atoms with Crippen LogP contribution >= 0.6 is 0 Å². The van der Waals surface area contributed by atoms with Crippen molar-refractivity contribution in [1.29, 1.82) is 0 Å². The van der Waals surface area contributed by atoms with Crippen LogP contribution in [0.25, 0.3) is 0 Å². The lowest BCUT2D eigenvalue weighted by molar-refractivity contribution is -0.137. The lowest BCUT2D eigenvalue weighted by Crippen LogP contribution is -2.42. The van der Waals surface area contributed by atoms with Gasteiger partial charge in [0.2, 0.25) is 0 Å². The molecule has 0 aliphatic heterocycles. The van der Waals surface area contributed by atoms with Gasteiger partial charge in [0, 0.05) is 18.7 Å². The first-order chi connectivity index (χ1) is 9.88. The van der Waals surface area contributed by atoms with Crippen molar-refractivity contribution in [2.45, 2.75) is 26.3 Å². The maximum Gasteiger partial charge on any atom is 0.322 e. The normalized spacial score (nSPS) is 11.6. The molecule has 0 fully saturated rings. The van der Waals surface area contributed by atoms with Crippen molar-refractivity contribution >= 4 is 17.7 Å². The smallest absolute Gasteiger partial charge is 0.322 e. The Morgan fingerprint density at radius 1 is 1.48 bits per heavy atom. The van der Waals surface area contributed by atoms with E-state index in [1.807, 2.05) is 0 Å². The van der Waals surface area contributed by atoms with Gasteiger partial charge in [0.05, 0.1) is 19.2 Å². The fourth-order valence-electron chi connectivity index (χ4n) is 1.93. The number of hydrogen-bond donors (Lipinski definition) is 2. The summed E-state index contributed by atoms with van der Waals surface area (Å²) in [5.74, 6) is -1.18. The van der Waals surface area contributed by atoms with Crippen LogP contribution < -0.4 is 10.1 Å². The molecule has 0 bridgehead atoms. The molecule has 0 saturated heterocycles. The highest BCUT2D eigenvalue weighted by Gasteiger charge is 2.21. The number of carbonyl (C=O) groups is 2. The first-order valence-corrected chi connectivity index (χ1v) is 6.52. The summed E-state index contributed by atoms with van der Waals surface area (Å²) in [5, 5.41) is 11.2. The van der Waals surface area contributed by atoms with E-state index in [-0.39, 0.29) is 12.1 Å². The Labute approximate surface area is 122 Å². The van der Waals surface area contributed by atoms with Crippen molar-refractivity contribution in [3.8, 4) is 5.75 Å².